The number of carbonyl (C=O) groups is 1. The molecule has 0 fully saturated rings. The number of hydrazone groups is 1. The fraction of sp³-hybridized carbons (Fsp3) is 0.0588. The molecule has 0 aliphatic rings. The molecule has 25 heavy (non-hydrogen) atoms. The van der Waals surface area contributed by atoms with Crippen LogP contribution in [0.2, 0.25) is 5.15 Å². The van der Waals surface area contributed by atoms with Crippen molar-refractivity contribution in [2.75, 3.05) is 0 Å². The third kappa shape index (κ3) is 3.94. The smallest absolute Gasteiger partial charge is 0.267 e. The van der Waals surface area contributed by atoms with Crippen LogP contribution in [0.5, 0.6) is 0 Å². The lowest BCUT2D eigenvalue weighted by Crippen LogP contribution is -2.17. The van der Waals surface area contributed by atoms with Gasteiger partial charge in [-0.2, -0.15) is 10.2 Å². The molecule has 3 rings (SSSR count). The van der Waals surface area contributed by atoms with Crippen molar-refractivity contribution in [2.24, 2.45) is 5.10 Å². The number of benzene rings is 1. The number of hydrogen-bond acceptors (Lipinski definition) is 4. The van der Waals surface area contributed by atoms with Gasteiger partial charge in [0.15, 0.2) is 0 Å². The predicted molar refractivity (Wildman–Crippen MR) is 100 cm³/mol. The van der Waals surface area contributed by atoms with Crippen molar-refractivity contribution in [2.45, 2.75) is 6.92 Å². The van der Waals surface area contributed by atoms with E-state index in [0.717, 1.165) is 5.69 Å². The van der Waals surface area contributed by atoms with Gasteiger partial charge in [0, 0.05) is 16.9 Å². The number of halogens is 2. The number of nitrogens with zero attached hydrogens (tertiary/aromatic N) is 4. The monoisotopic (exact) mass is 417 g/mol. The Hall–Kier alpha value is -2.51. The Morgan fingerprint density at radius 2 is 2.08 bits per heavy atom. The highest BCUT2D eigenvalue weighted by molar-refractivity contribution is 9.10. The molecule has 0 saturated heterocycles. The molecule has 0 atom stereocenters. The lowest BCUT2D eigenvalue weighted by molar-refractivity contribution is 0.0954. The Kier molecular flexibility index (Phi) is 5.25. The van der Waals surface area contributed by atoms with Crippen molar-refractivity contribution in [3.8, 4) is 5.69 Å². The second-order valence-electron chi connectivity index (χ2n) is 5.13. The van der Waals surface area contributed by atoms with Crippen molar-refractivity contribution in [3.63, 3.8) is 0 Å². The van der Waals surface area contributed by atoms with E-state index in [1.165, 1.54) is 12.4 Å². The Morgan fingerprint density at radius 1 is 1.32 bits per heavy atom. The van der Waals surface area contributed by atoms with Gasteiger partial charge in [0.05, 0.1) is 28.7 Å². The summed E-state index contributed by atoms with van der Waals surface area (Å²) in [5.41, 5.74) is 5.04. The molecule has 0 aliphatic carbocycles. The Labute approximate surface area is 157 Å². The summed E-state index contributed by atoms with van der Waals surface area (Å²) in [6, 6.07) is 11.2. The van der Waals surface area contributed by atoms with Crippen molar-refractivity contribution in [1.29, 1.82) is 0 Å². The number of nitrogens with one attached hydrogen (secondary N) is 1. The van der Waals surface area contributed by atoms with E-state index in [1.807, 2.05) is 37.3 Å². The molecule has 1 amide bonds. The van der Waals surface area contributed by atoms with Gasteiger partial charge >= 0.3 is 0 Å². The van der Waals surface area contributed by atoms with E-state index in [2.05, 4.69) is 36.5 Å². The zero-order chi connectivity index (χ0) is 17.8. The molecule has 3 aromatic rings. The lowest BCUT2D eigenvalue weighted by atomic mass is 10.3. The van der Waals surface area contributed by atoms with Gasteiger partial charge < -0.3 is 0 Å². The Balaban J connectivity index is 1.78. The maximum atomic E-state index is 12.0. The average Bonchev–Trinajstić information content (AvgIpc) is 2.90. The van der Waals surface area contributed by atoms with E-state index < -0.39 is 0 Å². The molecule has 1 aromatic carbocycles. The molecule has 0 unspecified atom stereocenters. The summed E-state index contributed by atoms with van der Waals surface area (Å²) in [5, 5.41) is 8.81. The quantitative estimate of drug-likeness (QED) is 0.518. The summed E-state index contributed by atoms with van der Waals surface area (Å²) in [4.78, 5) is 16.0. The first-order valence-electron chi connectivity index (χ1n) is 7.31. The molecule has 0 aliphatic heterocycles. The second-order valence-corrected chi connectivity index (χ2v) is 6.40. The fourth-order valence-corrected chi connectivity index (χ4v) is 2.84. The average molecular weight is 419 g/mol. The van der Waals surface area contributed by atoms with Crippen molar-refractivity contribution < 1.29 is 4.79 Å². The first kappa shape index (κ1) is 17.3. The molecule has 6 nitrogen and oxygen atoms in total. The Morgan fingerprint density at radius 3 is 2.80 bits per heavy atom. The number of aromatic nitrogens is 3. The zero-order valence-corrected chi connectivity index (χ0v) is 15.5. The minimum Gasteiger partial charge on any atom is -0.267 e. The number of amides is 1. The van der Waals surface area contributed by atoms with E-state index in [4.69, 9.17) is 11.6 Å². The minimum atomic E-state index is -0.366. The van der Waals surface area contributed by atoms with Gasteiger partial charge in [0.25, 0.3) is 5.91 Å². The largest absolute Gasteiger partial charge is 0.272 e. The maximum Gasteiger partial charge on any atom is 0.272 e. The number of para-hydroxylation sites is 1. The molecule has 2 heterocycles. The highest BCUT2D eigenvalue weighted by Crippen LogP contribution is 2.21. The van der Waals surface area contributed by atoms with Gasteiger partial charge in [-0.25, -0.2) is 10.1 Å². The van der Waals surface area contributed by atoms with Crippen LogP contribution in [0.1, 0.15) is 21.6 Å². The summed E-state index contributed by atoms with van der Waals surface area (Å²) >= 11 is 9.67. The lowest BCUT2D eigenvalue weighted by Gasteiger charge is -2.02. The van der Waals surface area contributed by atoms with Crippen LogP contribution in [0.25, 0.3) is 5.69 Å². The number of aryl methyl sites for hydroxylation is 1. The summed E-state index contributed by atoms with van der Waals surface area (Å²) in [6.45, 7) is 1.83. The van der Waals surface area contributed by atoms with Crippen LogP contribution < -0.4 is 5.43 Å². The SMILES string of the molecule is Cc1nn(-c2ccccc2)c(Cl)c1C=NNC(=O)c1cncc(Br)c1. The van der Waals surface area contributed by atoms with Crippen molar-refractivity contribution in [3.05, 3.63) is 75.2 Å². The summed E-state index contributed by atoms with van der Waals surface area (Å²) in [5.74, 6) is -0.366. The summed E-state index contributed by atoms with van der Waals surface area (Å²) in [7, 11) is 0. The molecule has 2 aromatic heterocycles. The molecule has 126 valence electrons. The zero-order valence-electron chi connectivity index (χ0n) is 13.1. The molecular formula is C17H13BrClN5O. The maximum absolute atomic E-state index is 12.0. The van der Waals surface area contributed by atoms with E-state index in [-0.39, 0.29) is 5.91 Å². The Bertz CT molecular complexity index is 939. The van der Waals surface area contributed by atoms with E-state index in [9.17, 15) is 4.79 Å². The highest BCUT2D eigenvalue weighted by atomic mass is 79.9. The van der Waals surface area contributed by atoms with Gasteiger partial charge in [-0.3, -0.25) is 9.78 Å². The normalized spacial score (nSPS) is 11.0. The van der Waals surface area contributed by atoms with Crippen LogP contribution in [-0.2, 0) is 0 Å². The first-order chi connectivity index (χ1) is 12.1. The van der Waals surface area contributed by atoms with Crippen LogP contribution in [0, 0.1) is 6.92 Å². The van der Waals surface area contributed by atoms with Gasteiger partial charge in [-0.05, 0) is 41.1 Å². The van der Waals surface area contributed by atoms with Crippen LogP contribution in [-0.4, -0.2) is 26.9 Å². The van der Waals surface area contributed by atoms with Gasteiger partial charge in [-0.15, -0.1) is 0 Å². The second kappa shape index (κ2) is 7.58. The van der Waals surface area contributed by atoms with Gasteiger partial charge in [0.1, 0.15) is 5.15 Å². The molecule has 0 bridgehead atoms. The predicted octanol–water partition coefficient (Wildman–Crippen LogP) is 3.76. The van der Waals surface area contributed by atoms with Gasteiger partial charge in [-0.1, -0.05) is 29.8 Å². The van der Waals surface area contributed by atoms with E-state index in [0.29, 0.717) is 26.4 Å². The third-order valence-corrected chi connectivity index (χ3v) is 4.17. The van der Waals surface area contributed by atoms with E-state index >= 15 is 0 Å². The van der Waals surface area contributed by atoms with Gasteiger partial charge in [0.2, 0.25) is 0 Å². The molecule has 0 radical (unpaired) electrons. The molecule has 8 heteroatoms. The topological polar surface area (TPSA) is 72.2 Å². The number of pyridine rings is 1. The van der Waals surface area contributed by atoms with Crippen molar-refractivity contribution >= 4 is 39.7 Å². The summed E-state index contributed by atoms with van der Waals surface area (Å²) < 4.78 is 2.34. The van der Waals surface area contributed by atoms with Crippen molar-refractivity contribution in [1.82, 2.24) is 20.2 Å². The van der Waals surface area contributed by atoms with E-state index in [1.54, 1.807) is 16.9 Å². The minimum absolute atomic E-state index is 0.366. The number of hydrogen-bond donors (Lipinski definition) is 1. The molecule has 1 N–H and O–H groups in total. The number of rotatable bonds is 4. The summed E-state index contributed by atoms with van der Waals surface area (Å²) in [6.07, 6.45) is 4.54. The molecular weight excluding hydrogens is 406 g/mol. The molecule has 0 spiro atoms. The highest BCUT2D eigenvalue weighted by Gasteiger charge is 2.13. The van der Waals surface area contributed by atoms with Crippen LogP contribution in [0.3, 0.4) is 0 Å². The first-order valence-corrected chi connectivity index (χ1v) is 8.48. The molecule has 0 saturated carbocycles. The van der Waals surface area contributed by atoms with Crippen LogP contribution in [0.4, 0.5) is 0 Å². The third-order valence-electron chi connectivity index (χ3n) is 3.38. The van der Waals surface area contributed by atoms with Crippen LogP contribution >= 0.6 is 27.5 Å². The number of carbonyl (C=O) groups excluding carboxylic acids is 1. The van der Waals surface area contributed by atoms with Crippen LogP contribution in [0.15, 0.2) is 58.4 Å². The fourth-order valence-electron chi connectivity index (χ4n) is 2.15. The standard InChI is InChI=1S/C17H13BrClN5O/c1-11-15(16(19)24(23-11)14-5-3-2-4-6-14)10-21-22-17(25)12-7-13(18)9-20-8-12/h2-10H,1H3,(H,22,25).